The number of aryl methyl sites for hydroxylation is 2. The summed E-state index contributed by atoms with van der Waals surface area (Å²) in [6.45, 7) is 9.63. The molecule has 0 radical (unpaired) electrons. The summed E-state index contributed by atoms with van der Waals surface area (Å²) in [5.41, 5.74) is 1.04. The Morgan fingerprint density at radius 2 is 2.36 bits per heavy atom. The Kier molecular flexibility index (Phi) is 6.64. The number of aliphatic imine (C=N–C) groups is 1. The lowest BCUT2D eigenvalue weighted by atomic mass is 10.0. The first kappa shape index (κ1) is 17.2. The van der Waals surface area contributed by atoms with Crippen LogP contribution in [0.4, 0.5) is 0 Å². The van der Waals surface area contributed by atoms with Crippen molar-refractivity contribution in [1.29, 1.82) is 0 Å². The minimum Gasteiger partial charge on any atom is -0.373 e. The number of ether oxygens (including phenoxy) is 1. The van der Waals surface area contributed by atoms with Gasteiger partial charge in [-0.3, -0.25) is 4.99 Å². The van der Waals surface area contributed by atoms with E-state index >= 15 is 0 Å². The van der Waals surface area contributed by atoms with E-state index in [2.05, 4.69) is 39.8 Å². The fraction of sp³-hybridized carbons (Fsp3) is 0.750. The van der Waals surface area contributed by atoms with E-state index < -0.39 is 0 Å². The molecule has 1 saturated heterocycles. The van der Waals surface area contributed by atoms with Crippen LogP contribution in [0.3, 0.4) is 0 Å². The molecule has 1 aliphatic heterocycles. The summed E-state index contributed by atoms with van der Waals surface area (Å²) in [4.78, 5) is 9.16. The predicted octanol–water partition coefficient (Wildman–Crippen LogP) is 2.51. The summed E-state index contributed by atoms with van der Waals surface area (Å²) in [5.74, 6) is 0.884. The van der Waals surface area contributed by atoms with Crippen molar-refractivity contribution in [1.82, 2.24) is 15.6 Å². The van der Waals surface area contributed by atoms with E-state index in [1.165, 1.54) is 5.01 Å². The number of rotatable bonds is 7. The maximum Gasteiger partial charge on any atom is 0.191 e. The van der Waals surface area contributed by atoms with E-state index in [0.29, 0.717) is 6.54 Å². The van der Waals surface area contributed by atoms with Crippen LogP contribution in [0.1, 0.15) is 43.8 Å². The topological polar surface area (TPSA) is 58.5 Å². The highest BCUT2D eigenvalue weighted by Crippen LogP contribution is 2.24. The van der Waals surface area contributed by atoms with Crippen molar-refractivity contribution in [2.45, 2.75) is 52.1 Å². The number of aromatic nitrogens is 1. The molecule has 1 fully saturated rings. The minimum absolute atomic E-state index is 0.0826. The minimum atomic E-state index is -0.0826. The van der Waals surface area contributed by atoms with Gasteiger partial charge < -0.3 is 15.4 Å². The molecule has 0 aromatic carbocycles. The third-order valence-electron chi connectivity index (χ3n) is 3.74. The molecule has 1 aliphatic rings. The highest BCUT2D eigenvalue weighted by Gasteiger charge is 2.29. The van der Waals surface area contributed by atoms with Gasteiger partial charge in [-0.05, 0) is 40.0 Å². The Hall–Kier alpha value is -1.14. The Morgan fingerprint density at radius 3 is 3.00 bits per heavy atom. The van der Waals surface area contributed by atoms with Crippen LogP contribution in [0, 0.1) is 6.92 Å². The largest absolute Gasteiger partial charge is 0.373 e. The van der Waals surface area contributed by atoms with Gasteiger partial charge in [0.1, 0.15) is 0 Å². The van der Waals surface area contributed by atoms with Gasteiger partial charge in [0.15, 0.2) is 5.96 Å². The van der Waals surface area contributed by atoms with Crippen molar-refractivity contribution in [2.24, 2.45) is 4.99 Å². The molecule has 1 aromatic rings. The monoisotopic (exact) mass is 324 g/mol. The number of thiazole rings is 1. The number of nitrogens with zero attached hydrogens (tertiary/aromatic N) is 2. The third kappa shape index (κ3) is 5.57. The number of guanidine groups is 1. The van der Waals surface area contributed by atoms with Crippen molar-refractivity contribution in [3.05, 3.63) is 16.1 Å². The summed E-state index contributed by atoms with van der Waals surface area (Å²) < 4.78 is 5.79. The first-order valence-electron chi connectivity index (χ1n) is 8.18. The van der Waals surface area contributed by atoms with Crippen LogP contribution in [0.15, 0.2) is 10.4 Å². The van der Waals surface area contributed by atoms with Gasteiger partial charge in [-0.25, -0.2) is 4.98 Å². The van der Waals surface area contributed by atoms with E-state index in [9.17, 15) is 0 Å². The average molecular weight is 324 g/mol. The molecular formula is C16H28N4OS. The van der Waals surface area contributed by atoms with Crippen LogP contribution in [0.2, 0.25) is 0 Å². The highest BCUT2D eigenvalue weighted by molar-refractivity contribution is 7.09. The molecule has 2 N–H and O–H groups in total. The smallest absolute Gasteiger partial charge is 0.191 e. The molecule has 0 bridgehead atoms. The van der Waals surface area contributed by atoms with Crippen molar-refractivity contribution >= 4 is 17.3 Å². The van der Waals surface area contributed by atoms with Crippen molar-refractivity contribution < 1.29 is 4.74 Å². The Morgan fingerprint density at radius 1 is 1.50 bits per heavy atom. The van der Waals surface area contributed by atoms with E-state index in [0.717, 1.165) is 57.0 Å². The molecule has 1 unspecified atom stereocenters. The molecule has 0 spiro atoms. The Bertz CT molecular complexity index is 480. The van der Waals surface area contributed by atoms with E-state index in [-0.39, 0.29) is 5.60 Å². The molecule has 6 heteroatoms. The van der Waals surface area contributed by atoms with Crippen LogP contribution in [0.25, 0.3) is 0 Å². The molecule has 124 valence electrons. The van der Waals surface area contributed by atoms with Crippen LogP contribution in [-0.4, -0.2) is 42.8 Å². The standard InChI is InChI=1S/C16H28N4OS/c1-4-17-15(19-12-16(3)8-6-10-21-16)18-9-5-7-14-20-13(2)11-22-14/h11H,4-10,12H2,1-3H3,(H2,17,18,19). The molecule has 0 saturated carbocycles. The van der Waals surface area contributed by atoms with Gasteiger partial charge in [0, 0.05) is 37.2 Å². The zero-order valence-corrected chi connectivity index (χ0v) is 14.8. The molecule has 2 heterocycles. The van der Waals surface area contributed by atoms with Gasteiger partial charge in [0.25, 0.3) is 0 Å². The molecule has 0 amide bonds. The molecular weight excluding hydrogens is 296 g/mol. The molecule has 1 atom stereocenters. The van der Waals surface area contributed by atoms with Crippen LogP contribution in [-0.2, 0) is 11.2 Å². The fourth-order valence-corrected chi connectivity index (χ4v) is 3.33. The van der Waals surface area contributed by atoms with Crippen LogP contribution >= 0.6 is 11.3 Å². The van der Waals surface area contributed by atoms with Crippen LogP contribution in [0.5, 0.6) is 0 Å². The SMILES string of the molecule is CCNC(=NCC1(C)CCCO1)NCCCc1nc(C)cs1. The number of nitrogens with one attached hydrogen (secondary N) is 2. The Balaban J connectivity index is 1.73. The zero-order valence-electron chi connectivity index (χ0n) is 13.9. The maximum atomic E-state index is 5.79. The predicted molar refractivity (Wildman–Crippen MR) is 92.7 cm³/mol. The molecule has 5 nitrogen and oxygen atoms in total. The number of hydrogen-bond acceptors (Lipinski definition) is 4. The maximum absolute atomic E-state index is 5.79. The summed E-state index contributed by atoms with van der Waals surface area (Å²) in [6.07, 6.45) is 4.32. The lowest BCUT2D eigenvalue weighted by Gasteiger charge is -2.21. The average Bonchev–Trinajstić information content (AvgIpc) is 3.10. The second-order valence-corrected chi connectivity index (χ2v) is 6.95. The van der Waals surface area contributed by atoms with E-state index in [4.69, 9.17) is 4.74 Å². The summed E-state index contributed by atoms with van der Waals surface area (Å²) in [6, 6.07) is 0. The number of hydrogen-bond donors (Lipinski definition) is 2. The van der Waals surface area contributed by atoms with Crippen molar-refractivity contribution in [3.8, 4) is 0 Å². The molecule has 2 rings (SSSR count). The first-order chi connectivity index (χ1) is 10.6. The summed E-state index contributed by atoms with van der Waals surface area (Å²) in [5, 5.41) is 10.0. The van der Waals surface area contributed by atoms with Gasteiger partial charge in [0.2, 0.25) is 0 Å². The van der Waals surface area contributed by atoms with Crippen molar-refractivity contribution in [2.75, 3.05) is 26.2 Å². The first-order valence-corrected chi connectivity index (χ1v) is 9.06. The van der Waals surface area contributed by atoms with Gasteiger partial charge in [-0.1, -0.05) is 0 Å². The quantitative estimate of drug-likeness (QED) is 0.460. The van der Waals surface area contributed by atoms with E-state index in [1.807, 2.05) is 6.92 Å². The van der Waals surface area contributed by atoms with E-state index in [1.54, 1.807) is 11.3 Å². The van der Waals surface area contributed by atoms with Gasteiger partial charge in [-0.15, -0.1) is 11.3 Å². The van der Waals surface area contributed by atoms with Gasteiger partial charge >= 0.3 is 0 Å². The lowest BCUT2D eigenvalue weighted by molar-refractivity contribution is 0.0283. The summed E-state index contributed by atoms with van der Waals surface area (Å²) >= 11 is 1.74. The second kappa shape index (κ2) is 8.48. The molecule has 1 aromatic heterocycles. The highest BCUT2D eigenvalue weighted by atomic mass is 32.1. The fourth-order valence-electron chi connectivity index (χ4n) is 2.51. The summed E-state index contributed by atoms with van der Waals surface area (Å²) in [7, 11) is 0. The Labute approximate surface area is 137 Å². The van der Waals surface area contributed by atoms with Gasteiger partial charge in [-0.2, -0.15) is 0 Å². The van der Waals surface area contributed by atoms with Crippen molar-refractivity contribution in [3.63, 3.8) is 0 Å². The molecule has 0 aliphatic carbocycles. The third-order valence-corrected chi connectivity index (χ3v) is 4.77. The lowest BCUT2D eigenvalue weighted by Crippen LogP contribution is -2.39. The molecule has 22 heavy (non-hydrogen) atoms. The normalized spacial score (nSPS) is 22.0. The zero-order chi connectivity index (χ0) is 15.8. The second-order valence-electron chi connectivity index (χ2n) is 6.01. The van der Waals surface area contributed by atoms with Gasteiger partial charge in [0.05, 0.1) is 17.2 Å². The van der Waals surface area contributed by atoms with Crippen LogP contribution < -0.4 is 10.6 Å².